The third-order valence-electron chi connectivity index (χ3n) is 9.47. The molecule has 224 valence electrons. The highest BCUT2D eigenvalue weighted by Gasteiger charge is 2.22. The molecule has 3 aliphatic rings. The van der Waals surface area contributed by atoms with Gasteiger partial charge in [0.1, 0.15) is 0 Å². The van der Waals surface area contributed by atoms with Gasteiger partial charge in [0.25, 0.3) is 0 Å². The van der Waals surface area contributed by atoms with Crippen LogP contribution in [0.1, 0.15) is 48.8 Å². The van der Waals surface area contributed by atoms with E-state index >= 15 is 0 Å². The maximum atomic E-state index is 2.50. The summed E-state index contributed by atoms with van der Waals surface area (Å²) in [6, 6.07) is 44.2. The van der Waals surface area contributed by atoms with Crippen LogP contribution in [0.15, 0.2) is 169 Å². The van der Waals surface area contributed by atoms with E-state index in [0.717, 1.165) is 38.5 Å². The maximum absolute atomic E-state index is 2.50. The first-order chi connectivity index (χ1) is 22.8. The Labute approximate surface area is 272 Å². The number of hydrogen-bond donors (Lipinski definition) is 0. The number of anilines is 3. The lowest BCUT2D eigenvalue weighted by Gasteiger charge is -2.33. The highest BCUT2D eigenvalue weighted by molar-refractivity contribution is 5.88. The van der Waals surface area contributed by atoms with Gasteiger partial charge in [-0.25, -0.2) is 0 Å². The van der Waals surface area contributed by atoms with Crippen molar-refractivity contribution in [2.24, 2.45) is 0 Å². The standard InChI is InChI=1S/C44H38N2/c1-3-15-39(16-4-1)45(43-29-23-33-11-7-9-13-37(33)31-43)41-25-19-35(20-26-41)36-21-27-42(28-22-36)46(40-17-5-2-6-18-40)44-30-24-34-12-8-10-14-38(34)32-44/h1,3-5,7-19,21-22,24-25,27-28,30-32H,2,6,20,23,26,29H2. The Morgan fingerprint density at radius 1 is 0.500 bits per heavy atom. The summed E-state index contributed by atoms with van der Waals surface area (Å²) in [6.45, 7) is 0. The van der Waals surface area contributed by atoms with Crippen molar-refractivity contribution < 1.29 is 0 Å². The minimum Gasteiger partial charge on any atom is -0.318 e. The number of hydrogen-bond acceptors (Lipinski definition) is 2. The van der Waals surface area contributed by atoms with E-state index < -0.39 is 0 Å². The maximum Gasteiger partial charge on any atom is 0.0467 e. The molecule has 8 rings (SSSR count). The fraction of sp³-hybridized carbons (Fsp3) is 0.136. The van der Waals surface area contributed by atoms with Crippen LogP contribution >= 0.6 is 0 Å². The van der Waals surface area contributed by atoms with Crippen LogP contribution in [0.5, 0.6) is 0 Å². The molecule has 2 heteroatoms. The number of aryl methyl sites for hydroxylation is 1. The van der Waals surface area contributed by atoms with Gasteiger partial charge in [-0.05, 0) is 126 Å². The van der Waals surface area contributed by atoms with E-state index in [-0.39, 0.29) is 0 Å². The third kappa shape index (κ3) is 5.63. The summed E-state index contributed by atoms with van der Waals surface area (Å²) in [4.78, 5) is 4.89. The summed E-state index contributed by atoms with van der Waals surface area (Å²) in [6.07, 6.45) is 20.3. The van der Waals surface area contributed by atoms with Crippen LogP contribution in [0.2, 0.25) is 0 Å². The molecule has 46 heavy (non-hydrogen) atoms. The van der Waals surface area contributed by atoms with E-state index in [0.29, 0.717) is 0 Å². The minimum absolute atomic E-state index is 1.00. The first-order valence-electron chi connectivity index (χ1n) is 16.6. The van der Waals surface area contributed by atoms with Gasteiger partial charge < -0.3 is 9.80 Å². The van der Waals surface area contributed by atoms with Gasteiger partial charge in [-0.2, -0.15) is 0 Å². The molecule has 0 aromatic heterocycles. The molecule has 0 fully saturated rings. The molecule has 0 radical (unpaired) electrons. The molecule has 0 N–H and O–H groups in total. The van der Waals surface area contributed by atoms with Crippen LogP contribution in [0.3, 0.4) is 0 Å². The van der Waals surface area contributed by atoms with Crippen LogP contribution in [0.25, 0.3) is 22.4 Å². The number of allylic oxidation sites excluding steroid dienone is 8. The number of fused-ring (bicyclic) bond motifs is 2. The highest BCUT2D eigenvalue weighted by Crippen LogP contribution is 2.39. The second-order valence-corrected chi connectivity index (χ2v) is 12.4. The summed E-state index contributed by atoms with van der Waals surface area (Å²) in [5.41, 5.74) is 13.0. The van der Waals surface area contributed by atoms with Crippen molar-refractivity contribution in [2.75, 3.05) is 9.80 Å². The SMILES string of the molecule is C1=CC(N(c2ccc(C3=CC=C(N(C4=Cc5ccccc5CC4)c4ccccc4)CC3)cc2)c2ccc3ccccc3c2)=CCC1. The molecule has 0 saturated heterocycles. The first kappa shape index (κ1) is 28.2. The summed E-state index contributed by atoms with van der Waals surface area (Å²) in [5.74, 6) is 0. The normalized spacial score (nSPS) is 15.7. The Morgan fingerprint density at radius 2 is 1.24 bits per heavy atom. The van der Waals surface area contributed by atoms with Crippen molar-refractivity contribution in [3.63, 3.8) is 0 Å². The van der Waals surface area contributed by atoms with Gasteiger partial charge in [-0.1, -0.05) is 103 Å². The van der Waals surface area contributed by atoms with Gasteiger partial charge in [0.15, 0.2) is 0 Å². The Morgan fingerprint density at radius 3 is 2.04 bits per heavy atom. The number of rotatable bonds is 7. The van der Waals surface area contributed by atoms with E-state index in [2.05, 4.69) is 168 Å². The van der Waals surface area contributed by atoms with Gasteiger partial charge in [-0.15, -0.1) is 0 Å². The van der Waals surface area contributed by atoms with E-state index in [1.54, 1.807) is 0 Å². The fourth-order valence-corrected chi connectivity index (χ4v) is 7.09. The predicted molar refractivity (Wildman–Crippen MR) is 196 cm³/mol. The first-order valence-corrected chi connectivity index (χ1v) is 16.6. The molecular formula is C44H38N2. The lowest BCUT2D eigenvalue weighted by molar-refractivity contribution is 0.835. The Hall–Kier alpha value is -5.34. The monoisotopic (exact) mass is 594 g/mol. The zero-order valence-corrected chi connectivity index (χ0v) is 26.1. The van der Waals surface area contributed by atoms with Gasteiger partial charge in [0, 0.05) is 34.2 Å². The fourth-order valence-electron chi connectivity index (χ4n) is 7.09. The number of para-hydroxylation sites is 1. The quantitative estimate of drug-likeness (QED) is 0.185. The molecular weight excluding hydrogens is 556 g/mol. The molecule has 0 spiro atoms. The van der Waals surface area contributed by atoms with E-state index in [4.69, 9.17) is 0 Å². The van der Waals surface area contributed by atoms with Crippen molar-refractivity contribution in [1.82, 2.24) is 0 Å². The average Bonchev–Trinajstić information content (AvgIpc) is 3.13. The van der Waals surface area contributed by atoms with Crippen molar-refractivity contribution in [3.8, 4) is 0 Å². The van der Waals surface area contributed by atoms with Gasteiger partial charge in [0.2, 0.25) is 0 Å². The van der Waals surface area contributed by atoms with Crippen LogP contribution in [0, 0.1) is 0 Å². The highest BCUT2D eigenvalue weighted by atomic mass is 15.2. The minimum atomic E-state index is 1.00. The third-order valence-corrected chi connectivity index (χ3v) is 9.47. The smallest absolute Gasteiger partial charge is 0.0467 e. The zero-order valence-electron chi connectivity index (χ0n) is 26.1. The number of nitrogens with zero attached hydrogens (tertiary/aromatic N) is 2. The molecule has 0 heterocycles. The summed E-state index contributed by atoms with van der Waals surface area (Å²) in [7, 11) is 0. The molecule has 3 aliphatic carbocycles. The Balaban J connectivity index is 1.10. The van der Waals surface area contributed by atoms with E-state index in [1.165, 1.54) is 67.2 Å². The van der Waals surface area contributed by atoms with Crippen molar-refractivity contribution in [1.29, 1.82) is 0 Å². The van der Waals surface area contributed by atoms with Crippen molar-refractivity contribution >= 4 is 39.5 Å². The molecule has 5 aromatic carbocycles. The summed E-state index contributed by atoms with van der Waals surface area (Å²) >= 11 is 0. The van der Waals surface area contributed by atoms with Crippen molar-refractivity contribution in [3.05, 3.63) is 185 Å². The molecule has 2 nitrogen and oxygen atoms in total. The average molecular weight is 595 g/mol. The molecule has 0 amide bonds. The second-order valence-electron chi connectivity index (χ2n) is 12.4. The molecule has 0 bridgehead atoms. The molecule has 0 saturated carbocycles. The van der Waals surface area contributed by atoms with Crippen LogP contribution in [-0.4, -0.2) is 0 Å². The topological polar surface area (TPSA) is 6.48 Å². The van der Waals surface area contributed by atoms with E-state index in [1.807, 2.05) is 0 Å². The van der Waals surface area contributed by atoms with Gasteiger partial charge >= 0.3 is 0 Å². The molecule has 0 unspecified atom stereocenters. The van der Waals surface area contributed by atoms with Gasteiger partial charge in [-0.3, -0.25) is 0 Å². The van der Waals surface area contributed by atoms with E-state index in [9.17, 15) is 0 Å². The molecule has 0 aliphatic heterocycles. The zero-order chi connectivity index (χ0) is 30.7. The largest absolute Gasteiger partial charge is 0.318 e. The predicted octanol–water partition coefficient (Wildman–Crippen LogP) is 11.8. The van der Waals surface area contributed by atoms with Crippen LogP contribution < -0.4 is 9.80 Å². The van der Waals surface area contributed by atoms with Crippen LogP contribution in [-0.2, 0) is 6.42 Å². The van der Waals surface area contributed by atoms with Crippen molar-refractivity contribution in [2.45, 2.75) is 38.5 Å². The Kier molecular flexibility index (Phi) is 7.70. The molecule has 0 atom stereocenters. The summed E-state index contributed by atoms with van der Waals surface area (Å²) in [5, 5.41) is 2.52. The summed E-state index contributed by atoms with van der Waals surface area (Å²) < 4.78 is 0. The number of benzene rings is 5. The lowest BCUT2D eigenvalue weighted by atomic mass is 9.92. The van der Waals surface area contributed by atoms with Crippen LogP contribution in [0.4, 0.5) is 17.1 Å². The Bertz CT molecular complexity index is 2040. The second kappa shape index (κ2) is 12.6. The van der Waals surface area contributed by atoms with Gasteiger partial charge in [0.05, 0.1) is 0 Å². The lowest BCUT2D eigenvalue weighted by Crippen LogP contribution is -2.24. The molecule has 5 aromatic rings.